The van der Waals surface area contributed by atoms with E-state index in [-0.39, 0.29) is 5.92 Å². The van der Waals surface area contributed by atoms with Crippen LogP contribution in [-0.2, 0) is 4.79 Å². The third kappa shape index (κ3) is 3.14. The average Bonchev–Trinajstić information content (AvgIpc) is 3.13. The molecule has 0 spiro atoms. The molecule has 0 heterocycles. The maximum Gasteiger partial charge on any atom is 0.306 e. The minimum atomic E-state index is -0.637. The lowest BCUT2D eigenvalue weighted by atomic mass is 9.90. The van der Waals surface area contributed by atoms with Crippen LogP contribution < -0.4 is 4.74 Å². The minimum absolute atomic E-state index is 0.110. The van der Waals surface area contributed by atoms with Gasteiger partial charge in [0.25, 0.3) is 0 Å². The summed E-state index contributed by atoms with van der Waals surface area (Å²) in [5.41, 5.74) is 3.71. The largest absolute Gasteiger partial charge is 0.494 e. The van der Waals surface area contributed by atoms with Crippen molar-refractivity contribution in [3.63, 3.8) is 0 Å². The number of carboxylic acids is 1. The molecular weight excluding hydrogens is 252 g/mol. The van der Waals surface area contributed by atoms with E-state index in [1.807, 2.05) is 6.92 Å². The first-order chi connectivity index (χ1) is 9.43. The summed E-state index contributed by atoms with van der Waals surface area (Å²) in [6.07, 6.45) is 1.81. The van der Waals surface area contributed by atoms with Crippen molar-refractivity contribution in [2.24, 2.45) is 11.8 Å². The SMILES string of the molecule is CCOc1cc(C)c(C(C)CC2CC2C(=O)O)cc1C. The van der Waals surface area contributed by atoms with Crippen molar-refractivity contribution in [2.45, 2.75) is 46.5 Å². The highest BCUT2D eigenvalue weighted by molar-refractivity contribution is 5.73. The first-order valence-electron chi connectivity index (χ1n) is 7.40. The van der Waals surface area contributed by atoms with E-state index in [0.29, 0.717) is 18.4 Å². The molecule has 3 nitrogen and oxygen atoms in total. The van der Waals surface area contributed by atoms with Crippen molar-refractivity contribution in [3.8, 4) is 5.75 Å². The van der Waals surface area contributed by atoms with Gasteiger partial charge in [0.2, 0.25) is 0 Å². The number of benzene rings is 1. The fourth-order valence-electron chi connectivity index (χ4n) is 3.05. The molecule has 2 rings (SSSR count). The number of carboxylic acid groups (broad SMARTS) is 1. The van der Waals surface area contributed by atoms with Gasteiger partial charge in [0.15, 0.2) is 0 Å². The maximum atomic E-state index is 10.9. The van der Waals surface area contributed by atoms with E-state index < -0.39 is 5.97 Å². The third-order valence-corrected chi connectivity index (χ3v) is 4.29. The average molecular weight is 276 g/mol. The Hall–Kier alpha value is -1.51. The molecule has 1 aliphatic carbocycles. The molecule has 0 aliphatic heterocycles. The predicted molar refractivity (Wildman–Crippen MR) is 79.3 cm³/mol. The third-order valence-electron chi connectivity index (χ3n) is 4.29. The highest BCUT2D eigenvalue weighted by Crippen LogP contribution is 2.45. The normalized spacial score (nSPS) is 22.4. The van der Waals surface area contributed by atoms with Crippen LogP contribution in [0.3, 0.4) is 0 Å². The van der Waals surface area contributed by atoms with Gasteiger partial charge in [-0.2, -0.15) is 0 Å². The molecule has 3 heteroatoms. The Morgan fingerprint density at radius 1 is 1.40 bits per heavy atom. The van der Waals surface area contributed by atoms with Crippen LogP contribution in [0, 0.1) is 25.7 Å². The molecule has 3 atom stereocenters. The van der Waals surface area contributed by atoms with Gasteiger partial charge in [-0.05, 0) is 68.2 Å². The highest BCUT2D eigenvalue weighted by atomic mass is 16.5. The predicted octanol–water partition coefficient (Wildman–Crippen LogP) is 3.92. The van der Waals surface area contributed by atoms with Gasteiger partial charge in [0, 0.05) is 0 Å². The number of hydrogen-bond acceptors (Lipinski definition) is 2. The van der Waals surface area contributed by atoms with Gasteiger partial charge in [-0.15, -0.1) is 0 Å². The zero-order chi connectivity index (χ0) is 14.9. The van der Waals surface area contributed by atoms with Gasteiger partial charge in [0.05, 0.1) is 12.5 Å². The monoisotopic (exact) mass is 276 g/mol. The Balaban J connectivity index is 2.08. The van der Waals surface area contributed by atoms with E-state index in [1.165, 1.54) is 11.1 Å². The molecule has 3 unspecified atom stereocenters. The number of aliphatic carboxylic acids is 1. The molecule has 0 radical (unpaired) electrons. The Labute approximate surface area is 121 Å². The maximum absolute atomic E-state index is 10.9. The van der Waals surface area contributed by atoms with E-state index in [4.69, 9.17) is 9.84 Å². The summed E-state index contributed by atoms with van der Waals surface area (Å²) in [4.78, 5) is 10.9. The second kappa shape index (κ2) is 5.86. The smallest absolute Gasteiger partial charge is 0.306 e. The van der Waals surface area contributed by atoms with Gasteiger partial charge in [0.1, 0.15) is 5.75 Å². The Kier molecular flexibility index (Phi) is 4.36. The minimum Gasteiger partial charge on any atom is -0.494 e. The molecule has 0 amide bonds. The highest BCUT2D eigenvalue weighted by Gasteiger charge is 2.43. The molecule has 1 N–H and O–H groups in total. The summed E-state index contributed by atoms with van der Waals surface area (Å²) >= 11 is 0. The fraction of sp³-hybridized carbons (Fsp3) is 0.588. The number of hydrogen-bond donors (Lipinski definition) is 1. The van der Waals surface area contributed by atoms with Crippen molar-refractivity contribution in [2.75, 3.05) is 6.61 Å². The summed E-state index contributed by atoms with van der Waals surface area (Å²) < 4.78 is 5.62. The summed E-state index contributed by atoms with van der Waals surface area (Å²) in [5, 5.41) is 8.98. The van der Waals surface area contributed by atoms with Crippen LogP contribution in [0.4, 0.5) is 0 Å². The molecule has 1 aromatic carbocycles. The molecule has 1 saturated carbocycles. The number of carbonyl (C=O) groups is 1. The zero-order valence-electron chi connectivity index (χ0n) is 12.8. The number of ether oxygens (including phenoxy) is 1. The second-order valence-electron chi connectivity index (χ2n) is 5.98. The Morgan fingerprint density at radius 2 is 2.10 bits per heavy atom. The summed E-state index contributed by atoms with van der Waals surface area (Å²) in [6, 6.07) is 4.30. The van der Waals surface area contributed by atoms with Crippen LogP contribution in [-0.4, -0.2) is 17.7 Å². The molecule has 1 aromatic rings. The van der Waals surface area contributed by atoms with E-state index in [0.717, 1.165) is 24.2 Å². The topological polar surface area (TPSA) is 46.5 Å². The molecule has 20 heavy (non-hydrogen) atoms. The first kappa shape index (κ1) is 14.9. The van der Waals surface area contributed by atoms with Crippen LogP contribution in [0.15, 0.2) is 12.1 Å². The second-order valence-corrected chi connectivity index (χ2v) is 5.98. The molecule has 1 aliphatic rings. The van der Waals surface area contributed by atoms with Crippen LogP contribution in [0.5, 0.6) is 5.75 Å². The molecule has 1 fully saturated rings. The van der Waals surface area contributed by atoms with Crippen LogP contribution in [0.25, 0.3) is 0 Å². The fourth-order valence-corrected chi connectivity index (χ4v) is 3.05. The molecule has 0 bridgehead atoms. The number of rotatable bonds is 6. The van der Waals surface area contributed by atoms with Crippen LogP contribution >= 0.6 is 0 Å². The van der Waals surface area contributed by atoms with E-state index in [2.05, 4.69) is 32.9 Å². The molecule has 0 aromatic heterocycles. The Morgan fingerprint density at radius 3 is 2.65 bits per heavy atom. The molecule has 110 valence electrons. The van der Waals surface area contributed by atoms with Crippen molar-refractivity contribution in [3.05, 3.63) is 28.8 Å². The van der Waals surface area contributed by atoms with Crippen molar-refractivity contribution in [1.82, 2.24) is 0 Å². The first-order valence-corrected chi connectivity index (χ1v) is 7.40. The van der Waals surface area contributed by atoms with E-state index in [1.54, 1.807) is 0 Å². The number of aryl methyl sites for hydroxylation is 2. The lowest BCUT2D eigenvalue weighted by molar-refractivity contribution is -0.138. The molecular formula is C17H24O3. The quantitative estimate of drug-likeness (QED) is 0.856. The van der Waals surface area contributed by atoms with Crippen molar-refractivity contribution >= 4 is 5.97 Å². The van der Waals surface area contributed by atoms with Crippen molar-refractivity contribution in [1.29, 1.82) is 0 Å². The van der Waals surface area contributed by atoms with Gasteiger partial charge in [-0.3, -0.25) is 4.79 Å². The lowest BCUT2D eigenvalue weighted by Crippen LogP contribution is -2.04. The summed E-state index contributed by atoms with van der Waals surface area (Å²) in [5.74, 6) is 0.964. The van der Waals surface area contributed by atoms with Gasteiger partial charge in [-0.1, -0.05) is 13.0 Å². The van der Waals surface area contributed by atoms with E-state index in [9.17, 15) is 4.79 Å². The van der Waals surface area contributed by atoms with Crippen molar-refractivity contribution < 1.29 is 14.6 Å². The standard InChI is InChI=1S/C17H24O3/c1-5-20-16-8-11(3)14(7-12(16)4)10(2)6-13-9-15(13)17(18)19/h7-8,10,13,15H,5-6,9H2,1-4H3,(H,18,19). The van der Waals surface area contributed by atoms with E-state index >= 15 is 0 Å². The molecule has 0 saturated heterocycles. The van der Waals surface area contributed by atoms with Gasteiger partial charge in [-0.25, -0.2) is 0 Å². The summed E-state index contributed by atoms with van der Waals surface area (Å²) in [7, 11) is 0. The lowest BCUT2D eigenvalue weighted by Gasteiger charge is -2.18. The van der Waals surface area contributed by atoms with Gasteiger partial charge >= 0.3 is 5.97 Å². The van der Waals surface area contributed by atoms with Crippen LogP contribution in [0.2, 0.25) is 0 Å². The van der Waals surface area contributed by atoms with Gasteiger partial charge < -0.3 is 9.84 Å². The zero-order valence-corrected chi connectivity index (χ0v) is 12.8. The Bertz CT molecular complexity index is 507. The summed E-state index contributed by atoms with van der Waals surface area (Å²) in [6.45, 7) is 9.04. The van der Waals surface area contributed by atoms with Crippen LogP contribution in [0.1, 0.15) is 49.3 Å².